The van der Waals surface area contributed by atoms with Crippen molar-refractivity contribution in [2.24, 2.45) is 0 Å². The number of hydrogen-bond acceptors (Lipinski definition) is 3. The van der Waals surface area contributed by atoms with E-state index >= 15 is 0 Å². The maximum absolute atomic E-state index is 9.18. The SMILES string of the molecule is CCCC[N+](CCCC)(CCCC)CCCC.O=C([O-])CS. The first-order valence-electron chi connectivity index (χ1n) is 9.17. The van der Waals surface area contributed by atoms with E-state index in [0.717, 1.165) is 0 Å². The molecule has 0 aromatic rings. The summed E-state index contributed by atoms with van der Waals surface area (Å²) in [5, 5.41) is 9.18. The smallest absolute Gasteiger partial charge is 0.0786 e. The molecule has 0 fully saturated rings. The number of aliphatic carboxylic acids is 1. The summed E-state index contributed by atoms with van der Waals surface area (Å²) in [7, 11) is 0. The Balaban J connectivity index is 0. The van der Waals surface area contributed by atoms with Crippen LogP contribution in [0.5, 0.6) is 0 Å². The first-order valence-corrected chi connectivity index (χ1v) is 9.80. The summed E-state index contributed by atoms with van der Waals surface area (Å²) >= 11 is 3.35. The number of carboxylic acids is 1. The van der Waals surface area contributed by atoms with Crippen molar-refractivity contribution in [1.29, 1.82) is 0 Å². The van der Waals surface area contributed by atoms with Gasteiger partial charge in [0.25, 0.3) is 0 Å². The number of hydrogen-bond donors (Lipinski definition) is 1. The molecule has 0 aromatic heterocycles. The van der Waals surface area contributed by atoms with Crippen LogP contribution in [0.25, 0.3) is 0 Å². The van der Waals surface area contributed by atoms with Gasteiger partial charge in [0.1, 0.15) is 0 Å². The molecule has 134 valence electrons. The van der Waals surface area contributed by atoms with Crippen molar-refractivity contribution >= 4 is 18.6 Å². The van der Waals surface area contributed by atoms with Crippen molar-refractivity contribution in [3.8, 4) is 0 Å². The summed E-state index contributed by atoms with van der Waals surface area (Å²) in [6.45, 7) is 15.0. The van der Waals surface area contributed by atoms with E-state index in [2.05, 4.69) is 40.3 Å². The number of thiol groups is 1. The largest absolute Gasteiger partial charge is 0.549 e. The number of quaternary nitrogens is 1. The van der Waals surface area contributed by atoms with Gasteiger partial charge in [-0.15, -0.1) is 0 Å². The Hall–Kier alpha value is -0.220. The molecule has 0 aromatic carbocycles. The highest BCUT2D eigenvalue weighted by molar-refractivity contribution is 7.81. The normalized spacial score (nSPS) is 11.0. The predicted molar refractivity (Wildman–Crippen MR) is 98.2 cm³/mol. The Kier molecular flexibility index (Phi) is 18.7. The molecule has 0 radical (unpaired) electrons. The van der Waals surface area contributed by atoms with Gasteiger partial charge in [0, 0.05) is 5.75 Å². The minimum Gasteiger partial charge on any atom is -0.549 e. The Morgan fingerprint density at radius 2 is 1.00 bits per heavy atom. The molecular weight excluding hydrogens is 294 g/mol. The van der Waals surface area contributed by atoms with Gasteiger partial charge >= 0.3 is 0 Å². The van der Waals surface area contributed by atoms with E-state index in [4.69, 9.17) is 0 Å². The molecule has 0 heterocycles. The quantitative estimate of drug-likeness (QED) is 0.413. The molecule has 0 rings (SSSR count). The van der Waals surface area contributed by atoms with Gasteiger partial charge in [0.05, 0.1) is 32.1 Å². The van der Waals surface area contributed by atoms with Gasteiger partial charge in [0.15, 0.2) is 0 Å². The minimum atomic E-state index is -1.13. The average molecular weight is 334 g/mol. The number of rotatable bonds is 13. The Bertz CT molecular complexity index is 210. The lowest BCUT2D eigenvalue weighted by molar-refractivity contribution is -0.929. The molecule has 0 atom stereocenters. The molecule has 3 nitrogen and oxygen atoms in total. The third-order valence-corrected chi connectivity index (χ3v) is 4.33. The Morgan fingerprint density at radius 1 is 0.773 bits per heavy atom. The van der Waals surface area contributed by atoms with Gasteiger partial charge < -0.3 is 14.4 Å². The summed E-state index contributed by atoms with van der Waals surface area (Å²) in [5.74, 6) is -1.33. The summed E-state index contributed by atoms with van der Waals surface area (Å²) in [6, 6.07) is 0. The van der Waals surface area contributed by atoms with Gasteiger partial charge in [-0.2, -0.15) is 12.6 Å². The molecule has 4 heteroatoms. The molecule has 0 N–H and O–H groups in total. The number of unbranched alkanes of at least 4 members (excludes halogenated alkanes) is 4. The van der Waals surface area contributed by atoms with Gasteiger partial charge in [0.2, 0.25) is 0 Å². The highest BCUT2D eigenvalue weighted by Gasteiger charge is 2.24. The van der Waals surface area contributed by atoms with Gasteiger partial charge in [-0.25, -0.2) is 0 Å². The van der Waals surface area contributed by atoms with Crippen LogP contribution in [0, 0.1) is 0 Å². The minimum absolute atomic E-state index is 0.194. The van der Waals surface area contributed by atoms with Crippen LogP contribution in [-0.2, 0) is 4.79 Å². The van der Waals surface area contributed by atoms with E-state index in [0.29, 0.717) is 0 Å². The lowest BCUT2D eigenvalue weighted by atomic mass is 10.1. The summed E-state index contributed by atoms with van der Waals surface area (Å²) in [6.07, 6.45) is 11.1. The fourth-order valence-electron chi connectivity index (χ4n) is 2.64. The highest BCUT2D eigenvalue weighted by Crippen LogP contribution is 2.16. The van der Waals surface area contributed by atoms with Gasteiger partial charge in [-0.05, 0) is 25.7 Å². The average Bonchev–Trinajstić information content (AvgIpc) is 2.54. The van der Waals surface area contributed by atoms with Gasteiger partial charge in [-0.1, -0.05) is 53.4 Å². The van der Waals surface area contributed by atoms with Crippen LogP contribution in [0.1, 0.15) is 79.1 Å². The van der Waals surface area contributed by atoms with E-state index in [1.165, 1.54) is 82.0 Å². The molecule has 0 aliphatic carbocycles. The third kappa shape index (κ3) is 14.7. The Morgan fingerprint density at radius 3 is 1.14 bits per heavy atom. The Labute approximate surface area is 144 Å². The lowest BCUT2D eigenvalue weighted by Crippen LogP contribution is -2.50. The molecule has 0 amide bonds. The number of carbonyl (C=O) groups excluding carboxylic acids is 1. The van der Waals surface area contributed by atoms with Crippen LogP contribution in [0.15, 0.2) is 0 Å². The summed E-state index contributed by atoms with van der Waals surface area (Å²) < 4.78 is 1.42. The molecule has 0 bridgehead atoms. The molecule has 0 saturated heterocycles. The molecular formula is C18H39NO2S. The maximum atomic E-state index is 9.18. The number of carboxylic acid groups (broad SMARTS) is 1. The van der Waals surface area contributed by atoms with Crippen molar-refractivity contribution in [2.75, 3.05) is 31.9 Å². The molecule has 0 aliphatic rings. The first kappa shape index (κ1) is 24.0. The number of carbonyl (C=O) groups is 1. The second-order valence-corrected chi connectivity index (χ2v) is 6.50. The van der Waals surface area contributed by atoms with Crippen LogP contribution in [-0.4, -0.2) is 42.4 Å². The molecule has 22 heavy (non-hydrogen) atoms. The first-order chi connectivity index (χ1) is 10.5. The second-order valence-electron chi connectivity index (χ2n) is 6.18. The van der Waals surface area contributed by atoms with Crippen molar-refractivity contribution in [3.63, 3.8) is 0 Å². The van der Waals surface area contributed by atoms with Crippen molar-refractivity contribution in [2.45, 2.75) is 79.1 Å². The standard InChI is InChI=1S/C16H36N.C2H4O2S/c1-5-9-13-17(14-10-6-2,15-11-7-3)16-12-8-4;3-2(4)1-5/h5-16H2,1-4H3;5H,1H2,(H,3,4)/q+1;/p-1. The monoisotopic (exact) mass is 333 g/mol. The lowest BCUT2D eigenvalue weighted by Gasteiger charge is -2.39. The summed E-state index contributed by atoms with van der Waals surface area (Å²) in [5.41, 5.74) is 0. The van der Waals surface area contributed by atoms with Crippen molar-refractivity contribution < 1.29 is 14.4 Å². The molecule has 0 saturated carbocycles. The molecule has 0 spiro atoms. The van der Waals surface area contributed by atoms with Crippen LogP contribution < -0.4 is 5.11 Å². The molecule has 0 aliphatic heterocycles. The zero-order chi connectivity index (χ0) is 17.3. The number of nitrogens with zero attached hydrogens (tertiary/aromatic N) is 1. The second kappa shape index (κ2) is 17.1. The maximum Gasteiger partial charge on any atom is 0.0786 e. The van der Waals surface area contributed by atoms with Crippen LogP contribution >= 0.6 is 12.6 Å². The van der Waals surface area contributed by atoms with E-state index in [1.54, 1.807) is 0 Å². The van der Waals surface area contributed by atoms with E-state index < -0.39 is 5.97 Å². The highest BCUT2D eigenvalue weighted by atomic mass is 32.1. The van der Waals surface area contributed by atoms with E-state index in [-0.39, 0.29) is 5.75 Å². The van der Waals surface area contributed by atoms with Crippen molar-refractivity contribution in [3.05, 3.63) is 0 Å². The fourth-order valence-corrected chi connectivity index (χ4v) is 2.64. The predicted octanol–water partition coefficient (Wildman–Crippen LogP) is 3.67. The van der Waals surface area contributed by atoms with Crippen LogP contribution in [0.2, 0.25) is 0 Å². The molecule has 0 unspecified atom stereocenters. The fraction of sp³-hybridized carbons (Fsp3) is 0.944. The zero-order valence-electron chi connectivity index (χ0n) is 15.4. The summed E-state index contributed by atoms with van der Waals surface area (Å²) in [4.78, 5) is 9.18. The van der Waals surface area contributed by atoms with Crippen LogP contribution in [0.3, 0.4) is 0 Å². The van der Waals surface area contributed by atoms with E-state index in [1.807, 2.05) is 0 Å². The van der Waals surface area contributed by atoms with Crippen LogP contribution in [0.4, 0.5) is 0 Å². The van der Waals surface area contributed by atoms with Gasteiger partial charge in [-0.3, -0.25) is 0 Å². The third-order valence-electron chi connectivity index (χ3n) is 4.07. The zero-order valence-corrected chi connectivity index (χ0v) is 16.3. The topological polar surface area (TPSA) is 40.1 Å². The van der Waals surface area contributed by atoms with E-state index in [9.17, 15) is 9.90 Å². The van der Waals surface area contributed by atoms with Crippen molar-refractivity contribution in [1.82, 2.24) is 0 Å².